The zero-order chi connectivity index (χ0) is 13.0. The molecule has 17 heavy (non-hydrogen) atoms. The second kappa shape index (κ2) is 5.97. The van der Waals surface area contributed by atoms with Gasteiger partial charge in [0.25, 0.3) is 0 Å². The number of aromatic nitrogens is 1. The summed E-state index contributed by atoms with van der Waals surface area (Å²) in [5.74, 6) is -0.780. The number of alkyl halides is 1. The Labute approximate surface area is 108 Å². The summed E-state index contributed by atoms with van der Waals surface area (Å²) in [7, 11) is 0. The molecule has 0 saturated heterocycles. The molecule has 0 aliphatic heterocycles. The molecule has 1 atom stereocenters. The van der Waals surface area contributed by atoms with Crippen LogP contribution in [0.15, 0.2) is 0 Å². The van der Waals surface area contributed by atoms with Crippen molar-refractivity contribution in [3.63, 3.8) is 0 Å². The number of carbonyl (C=O) groups excluding carboxylic acids is 2. The number of carbonyl (C=O) groups is 2. The van der Waals surface area contributed by atoms with E-state index in [9.17, 15) is 9.59 Å². The van der Waals surface area contributed by atoms with Gasteiger partial charge in [-0.15, -0.1) is 11.6 Å². The molecule has 0 unspecified atom stereocenters. The SMILES string of the molecule is CCOC(=O)c1sc(NC(=O)[C@H](C)Cl)nc1C. The quantitative estimate of drug-likeness (QED) is 0.676. The number of amides is 1. The van der Waals surface area contributed by atoms with Gasteiger partial charge in [-0.3, -0.25) is 4.79 Å². The van der Waals surface area contributed by atoms with Gasteiger partial charge in [0.05, 0.1) is 12.3 Å². The molecular weight excluding hydrogens is 264 g/mol. The maximum absolute atomic E-state index is 11.5. The van der Waals surface area contributed by atoms with Crippen LogP contribution in [0.25, 0.3) is 0 Å². The third-order valence-corrected chi connectivity index (χ3v) is 3.10. The molecule has 0 aliphatic rings. The van der Waals surface area contributed by atoms with Gasteiger partial charge < -0.3 is 10.1 Å². The molecule has 1 amide bonds. The molecule has 0 bridgehead atoms. The molecule has 1 heterocycles. The topological polar surface area (TPSA) is 68.3 Å². The molecule has 94 valence electrons. The van der Waals surface area contributed by atoms with Crippen molar-refractivity contribution in [2.75, 3.05) is 11.9 Å². The Morgan fingerprint density at radius 3 is 2.76 bits per heavy atom. The van der Waals surface area contributed by atoms with Gasteiger partial charge in [-0.05, 0) is 20.8 Å². The Bertz CT molecular complexity index is 431. The molecule has 0 fully saturated rings. The number of nitrogens with one attached hydrogen (secondary N) is 1. The van der Waals surface area contributed by atoms with Crippen LogP contribution >= 0.6 is 22.9 Å². The molecule has 7 heteroatoms. The average molecular weight is 277 g/mol. The van der Waals surface area contributed by atoms with Gasteiger partial charge in [-0.2, -0.15) is 0 Å². The lowest BCUT2D eigenvalue weighted by atomic mass is 10.4. The van der Waals surface area contributed by atoms with Gasteiger partial charge in [0.15, 0.2) is 5.13 Å². The van der Waals surface area contributed by atoms with Crippen molar-refractivity contribution in [2.45, 2.75) is 26.1 Å². The van der Waals surface area contributed by atoms with E-state index in [1.807, 2.05) is 0 Å². The number of aryl methyl sites for hydroxylation is 1. The summed E-state index contributed by atoms with van der Waals surface area (Å²) in [5, 5.41) is 2.23. The normalized spacial score (nSPS) is 12.0. The smallest absolute Gasteiger partial charge is 0.350 e. The van der Waals surface area contributed by atoms with E-state index in [1.165, 1.54) is 0 Å². The number of hydrogen-bond donors (Lipinski definition) is 1. The van der Waals surface area contributed by atoms with E-state index in [2.05, 4.69) is 10.3 Å². The molecule has 1 aromatic heterocycles. The van der Waals surface area contributed by atoms with Crippen LogP contribution < -0.4 is 5.32 Å². The van der Waals surface area contributed by atoms with Gasteiger partial charge >= 0.3 is 5.97 Å². The van der Waals surface area contributed by atoms with Gasteiger partial charge in [-0.1, -0.05) is 11.3 Å². The summed E-state index contributed by atoms with van der Waals surface area (Å²) in [6.07, 6.45) is 0. The Balaban J connectivity index is 2.81. The minimum absolute atomic E-state index is 0.302. The third-order valence-electron chi connectivity index (χ3n) is 1.85. The highest BCUT2D eigenvalue weighted by atomic mass is 35.5. The second-order valence-electron chi connectivity index (χ2n) is 3.26. The first-order chi connectivity index (χ1) is 7.95. The number of ether oxygens (including phenoxy) is 1. The predicted octanol–water partition coefficient (Wildman–Crippen LogP) is 2.19. The Kier molecular flexibility index (Phi) is 4.89. The van der Waals surface area contributed by atoms with E-state index in [0.29, 0.717) is 22.3 Å². The van der Waals surface area contributed by atoms with Crippen LogP contribution in [-0.2, 0) is 9.53 Å². The van der Waals surface area contributed by atoms with E-state index in [0.717, 1.165) is 11.3 Å². The molecule has 0 spiro atoms. The highest BCUT2D eigenvalue weighted by Gasteiger charge is 2.18. The molecule has 5 nitrogen and oxygen atoms in total. The fourth-order valence-electron chi connectivity index (χ4n) is 1.04. The molecule has 0 aromatic carbocycles. The first kappa shape index (κ1) is 13.9. The van der Waals surface area contributed by atoms with Crippen molar-refractivity contribution in [2.24, 2.45) is 0 Å². The Morgan fingerprint density at radius 2 is 2.24 bits per heavy atom. The molecular formula is C10H13ClN2O3S. The summed E-state index contributed by atoms with van der Waals surface area (Å²) in [6, 6.07) is 0. The first-order valence-corrected chi connectivity index (χ1v) is 6.30. The van der Waals surface area contributed by atoms with E-state index in [1.54, 1.807) is 20.8 Å². The van der Waals surface area contributed by atoms with E-state index in [4.69, 9.17) is 16.3 Å². The minimum atomic E-state index is -0.648. The van der Waals surface area contributed by atoms with Gasteiger partial charge in [0, 0.05) is 0 Å². The van der Waals surface area contributed by atoms with Crippen molar-refractivity contribution >= 4 is 39.9 Å². The summed E-state index contributed by atoms with van der Waals surface area (Å²) in [6.45, 7) is 5.27. The number of thiazole rings is 1. The highest BCUT2D eigenvalue weighted by Crippen LogP contribution is 2.23. The van der Waals surface area contributed by atoms with Gasteiger partial charge in [-0.25, -0.2) is 9.78 Å². The second-order valence-corrected chi connectivity index (χ2v) is 4.91. The summed E-state index contributed by atoms with van der Waals surface area (Å²) in [4.78, 5) is 27.3. The number of rotatable bonds is 4. The maximum atomic E-state index is 11.5. The molecule has 0 radical (unpaired) electrons. The lowest BCUT2D eigenvalue weighted by Crippen LogP contribution is -2.20. The predicted molar refractivity (Wildman–Crippen MR) is 66.8 cm³/mol. The number of halogens is 1. The van der Waals surface area contributed by atoms with Crippen LogP contribution in [0.1, 0.15) is 29.2 Å². The van der Waals surface area contributed by atoms with Crippen LogP contribution in [0.5, 0.6) is 0 Å². The maximum Gasteiger partial charge on any atom is 0.350 e. The number of anilines is 1. The van der Waals surface area contributed by atoms with E-state index in [-0.39, 0.29) is 5.91 Å². The summed E-state index contributed by atoms with van der Waals surface area (Å²) < 4.78 is 4.87. The van der Waals surface area contributed by atoms with Crippen molar-refractivity contribution in [1.82, 2.24) is 4.98 Å². The van der Waals surface area contributed by atoms with Crippen molar-refractivity contribution in [3.8, 4) is 0 Å². The van der Waals surface area contributed by atoms with Crippen LogP contribution in [-0.4, -0.2) is 28.8 Å². The Morgan fingerprint density at radius 1 is 1.59 bits per heavy atom. The summed E-state index contributed by atoms with van der Waals surface area (Å²) in [5.41, 5.74) is 0.533. The van der Waals surface area contributed by atoms with Gasteiger partial charge in [0.1, 0.15) is 10.3 Å². The Hall–Kier alpha value is -1.14. The fourth-order valence-corrected chi connectivity index (χ4v) is 1.96. The van der Waals surface area contributed by atoms with E-state index < -0.39 is 11.3 Å². The van der Waals surface area contributed by atoms with Crippen LogP contribution in [0.3, 0.4) is 0 Å². The molecule has 1 aromatic rings. The first-order valence-electron chi connectivity index (χ1n) is 5.05. The molecule has 1 rings (SSSR count). The van der Waals surface area contributed by atoms with Crippen molar-refractivity contribution in [1.29, 1.82) is 0 Å². The van der Waals surface area contributed by atoms with Crippen LogP contribution in [0.4, 0.5) is 5.13 Å². The fraction of sp³-hybridized carbons (Fsp3) is 0.500. The lowest BCUT2D eigenvalue weighted by Gasteiger charge is -2.01. The van der Waals surface area contributed by atoms with Gasteiger partial charge in [0.2, 0.25) is 5.91 Å². The zero-order valence-electron chi connectivity index (χ0n) is 9.74. The molecule has 0 saturated carbocycles. The minimum Gasteiger partial charge on any atom is -0.462 e. The van der Waals surface area contributed by atoms with Crippen molar-refractivity contribution < 1.29 is 14.3 Å². The monoisotopic (exact) mass is 276 g/mol. The summed E-state index contributed by atoms with van der Waals surface area (Å²) >= 11 is 6.69. The largest absolute Gasteiger partial charge is 0.462 e. The molecule has 0 aliphatic carbocycles. The number of hydrogen-bond acceptors (Lipinski definition) is 5. The third kappa shape index (κ3) is 3.67. The van der Waals surface area contributed by atoms with Crippen LogP contribution in [0, 0.1) is 6.92 Å². The number of nitrogens with zero attached hydrogens (tertiary/aromatic N) is 1. The van der Waals surface area contributed by atoms with E-state index >= 15 is 0 Å². The van der Waals surface area contributed by atoms with Crippen LogP contribution in [0.2, 0.25) is 0 Å². The average Bonchev–Trinajstić information content (AvgIpc) is 2.59. The lowest BCUT2D eigenvalue weighted by molar-refractivity contribution is -0.115. The highest BCUT2D eigenvalue weighted by molar-refractivity contribution is 7.17. The molecule has 1 N–H and O–H groups in total. The van der Waals surface area contributed by atoms with Crippen molar-refractivity contribution in [3.05, 3.63) is 10.6 Å². The standard InChI is InChI=1S/C10H13ClN2O3S/c1-4-16-9(15)7-6(3)12-10(17-7)13-8(14)5(2)11/h5H,4H2,1-3H3,(H,12,13,14)/t5-/m0/s1. The number of esters is 1. The zero-order valence-corrected chi connectivity index (χ0v) is 11.3.